The molecule has 0 aliphatic rings. The maximum atomic E-state index is 14.1. The molecule has 0 aliphatic carbocycles. The lowest BCUT2D eigenvalue weighted by molar-refractivity contribution is -0.140. The van der Waals surface area contributed by atoms with Crippen LogP contribution in [0.5, 0.6) is 0 Å². The lowest BCUT2D eigenvalue weighted by Crippen LogP contribution is -2.54. The van der Waals surface area contributed by atoms with Crippen molar-refractivity contribution < 1.29 is 31.2 Å². The van der Waals surface area contributed by atoms with Gasteiger partial charge in [0.05, 0.1) is 17.5 Å². The third-order valence-corrected chi connectivity index (χ3v) is 7.99. The topological polar surface area (TPSA) is 86.8 Å². The van der Waals surface area contributed by atoms with Crippen molar-refractivity contribution in [1.82, 2.24) is 10.2 Å². The second-order valence-electron chi connectivity index (χ2n) is 10.4. The Kier molecular flexibility index (Phi) is 10.8. The van der Waals surface area contributed by atoms with E-state index in [0.717, 1.165) is 29.5 Å². The number of anilines is 1. The number of sulfonamides is 1. The number of carbonyl (C=O) groups is 2. The number of carbonyl (C=O) groups excluding carboxylic acids is 2. The van der Waals surface area contributed by atoms with E-state index in [1.165, 1.54) is 11.0 Å². The molecule has 0 heterocycles. The second-order valence-corrected chi connectivity index (χ2v) is 12.3. The average Bonchev–Trinajstić information content (AvgIpc) is 2.93. The third-order valence-electron chi connectivity index (χ3n) is 6.85. The van der Waals surface area contributed by atoms with Gasteiger partial charge in [0.1, 0.15) is 12.6 Å². The summed E-state index contributed by atoms with van der Waals surface area (Å²) in [6, 6.07) is 19.0. The molecule has 3 aromatic carbocycles. The number of benzene rings is 3. The molecule has 2 amide bonds. The fourth-order valence-corrected chi connectivity index (χ4v) is 5.29. The first-order chi connectivity index (χ1) is 19.7. The maximum absolute atomic E-state index is 14.1. The highest BCUT2D eigenvalue weighted by molar-refractivity contribution is 7.92. The van der Waals surface area contributed by atoms with Crippen LogP contribution in [0.4, 0.5) is 18.9 Å². The van der Waals surface area contributed by atoms with Gasteiger partial charge in [-0.1, -0.05) is 73.2 Å². The van der Waals surface area contributed by atoms with E-state index in [0.29, 0.717) is 22.4 Å². The third kappa shape index (κ3) is 9.07. The fourth-order valence-electron chi connectivity index (χ4n) is 4.45. The van der Waals surface area contributed by atoms with Crippen LogP contribution in [0.3, 0.4) is 0 Å². The van der Waals surface area contributed by atoms with E-state index < -0.39 is 46.2 Å². The molecule has 0 fully saturated rings. The number of rotatable bonds is 12. The first-order valence-corrected chi connectivity index (χ1v) is 15.4. The van der Waals surface area contributed by atoms with Gasteiger partial charge in [-0.25, -0.2) is 8.42 Å². The summed E-state index contributed by atoms with van der Waals surface area (Å²) in [5.41, 5.74) is 1.06. The van der Waals surface area contributed by atoms with Crippen molar-refractivity contribution in [2.45, 2.75) is 58.4 Å². The largest absolute Gasteiger partial charge is 0.416 e. The molecule has 7 nitrogen and oxygen atoms in total. The number of aryl methyl sites for hydroxylation is 1. The van der Waals surface area contributed by atoms with Crippen LogP contribution in [0, 0.1) is 6.92 Å². The molecule has 0 radical (unpaired) electrons. The molecule has 0 bridgehead atoms. The molecule has 0 aromatic heterocycles. The minimum atomic E-state index is -4.71. The van der Waals surface area contributed by atoms with E-state index in [4.69, 9.17) is 0 Å². The van der Waals surface area contributed by atoms with Crippen LogP contribution in [0.25, 0.3) is 0 Å². The van der Waals surface area contributed by atoms with Gasteiger partial charge >= 0.3 is 6.18 Å². The van der Waals surface area contributed by atoms with Crippen LogP contribution in [-0.2, 0) is 38.8 Å². The molecule has 42 heavy (non-hydrogen) atoms. The summed E-state index contributed by atoms with van der Waals surface area (Å²) in [6.07, 6.45) is -3.10. The Hall–Kier alpha value is -3.86. The van der Waals surface area contributed by atoms with Gasteiger partial charge in [-0.15, -0.1) is 0 Å². The molecule has 0 saturated heterocycles. The zero-order valence-electron chi connectivity index (χ0n) is 24.1. The molecule has 2 atom stereocenters. The van der Waals surface area contributed by atoms with Crippen molar-refractivity contribution in [3.63, 3.8) is 0 Å². The molecule has 11 heteroatoms. The highest BCUT2D eigenvalue weighted by Gasteiger charge is 2.35. The monoisotopic (exact) mass is 603 g/mol. The van der Waals surface area contributed by atoms with E-state index in [1.54, 1.807) is 6.07 Å². The summed E-state index contributed by atoms with van der Waals surface area (Å²) >= 11 is 0. The highest BCUT2D eigenvalue weighted by Crippen LogP contribution is 2.32. The Labute approximate surface area is 245 Å². The number of nitrogens with zero attached hydrogens (tertiary/aromatic N) is 2. The molecule has 3 rings (SSSR count). The molecule has 226 valence electrons. The van der Waals surface area contributed by atoms with Crippen molar-refractivity contribution >= 4 is 27.5 Å². The summed E-state index contributed by atoms with van der Waals surface area (Å²) < 4.78 is 66.6. The van der Waals surface area contributed by atoms with E-state index in [2.05, 4.69) is 5.32 Å². The average molecular weight is 604 g/mol. The van der Waals surface area contributed by atoms with Gasteiger partial charge in [0.25, 0.3) is 0 Å². The van der Waals surface area contributed by atoms with E-state index in [1.807, 2.05) is 69.3 Å². The Morgan fingerprint density at radius 1 is 0.929 bits per heavy atom. The fraction of sp³-hybridized carbons (Fsp3) is 0.355. The van der Waals surface area contributed by atoms with Gasteiger partial charge in [0, 0.05) is 19.0 Å². The van der Waals surface area contributed by atoms with Crippen LogP contribution in [0.15, 0.2) is 78.9 Å². The molecular formula is C31H36F3N3O4S. The lowest BCUT2D eigenvalue weighted by atomic mass is 10.0. The van der Waals surface area contributed by atoms with Gasteiger partial charge in [0.15, 0.2) is 0 Å². The number of nitrogens with one attached hydrogen (secondary N) is 1. The Balaban J connectivity index is 2.09. The second kappa shape index (κ2) is 13.9. The quantitative estimate of drug-likeness (QED) is 0.303. The number of hydrogen-bond donors (Lipinski definition) is 1. The lowest BCUT2D eigenvalue weighted by Gasteiger charge is -2.34. The molecule has 1 N–H and O–H groups in total. The zero-order chi connectivity index (χ0) is 31.1. The molecule has 0 saturated carbocycles. The normalized spacial score (nSPS) is 13.2. The van der Waals surface area contributed by atoms with Crippen molar-refractivity contribution in [2.75, 3.05) is 17.1 Å². The summed E-state index contributed by atoms with van der Waals surface area (Å²) in [4.78, 5) is 29.0. The minimum absolute atomic E-state index is 0.0217. The van der Waals surface area contributed by atoms with Gasteiger partial charge < -0.3 is 10.2 Å². The van der Waals surface area contributed by atoms with Crippen LogP contribution < -0.4 is 9.62 Å². The molecular weight excluding hydrogens is 567 g/mol. The van der Waals surface area contributed by atoms with Crippen LogP contribution in [0.1, 0.15) is 42.5 Å². The number of alkyl halides is 3. The highest BCUT2D eigenvalue weighted by atomic mass is 32.2. The Morgan fingerprint density at radius 2 is 1.57 bits per heavy atom. The van der Waals surface area contributed by atoms with Gasteiger partial charge in [-0.2, -0.15) is 13.2 Å². The van der Waals surface area contributed by atoms with Crippen LogP contribution >= 0.6 is 0 Å². The van der Waals surface area contributed by atoms with Crippen molar-refractivity contribution in [3.8, 4) is 0 Å². The number of halogens is 3. The smallest absolute Gasteiger partial charge is 0.352 e. The predicted octanol–water partition coefficient (Wildman–Crippen LogP) is 5.33. The predicted molar refractivity (Wildman–Crippen MR) is 157 cm³/mol. The first kappa shape index (κ1) is 32.7. The minimum Gasteiger partial charge on any atom is -0.352 e. The first-order valence-electron chi connectivity index (χ1n) is 13.5. The number of amides is 2. The summed E-state index contributed by atoms with van der Waals surface area (Å²) in [5, 5.41) is 2.93. The van der Waals surface area contributed by atoms with Gasteiger partial charge in [-0.05, 0) is 49.6 Å². The number of hydrogen-bond acceptors (Lipinski definition) is 4. The standard InChI is InChI=1S/C31H36F3N3O4S/c1-5-23(3)35-30(39)28(18-24-12-7-6-8-13-24)36(20-25-14-9-11-22(2)17-25)29(38)21-37(42(4,40)41)27-16-10-15-26(19-27)31(32,33)34/h6-17,19,23,28H,5,18,20-21H2,1-4H3,(H,35,39)/t23-,28-/m1/s1. The van der Waals surface area contributed by atoms with E-state index in [9.17, 15) is 31.2 Å². The van der Waals surface area contributed by atoms with Gasteiger partial charge in [0.2, 0.25) is 21.8 Å². The van der Waals surface area contributed by atoms with Crippen LogP contribution in [0.2, 0.25) is 0 Å². The van der Waals surface area contributed by atoms with Crippen molar-refractivity contribution in [3.05, 3.63) is 101 Å². The van der Waals surface area contributed by atoms with E-state index >= 15 is 0 Å². The molecule has 3 aromatic rings. The van der Waals surface area contributed by atoms with E-state index in [-0.39, 0.29) is 24.7 Å². The summed E-state index contributed by atoms with van der Waals surface area (Å²) in [7, 11) is -4.20. The SMILES string of the molecule is CC[C@@H](C)NC(=O)[C@@H](Cc1ccccc1)N(Cc1cccc(C)c1)C(=O)CN(c1cccc(C(F)(F)F)c1)S(C)(=O)=O. The molecule has 0 unspecified atom stereocenters. The summed E-state index contributed by atoms with van der Waals surface area (Å²) in [5.74, 6) is -1.15. The molecule has 0 spiro atoms. The van der Waals surface area contributed by atoms with Crippen molar-refractivity contribution in [1.29, 1.82) is 0 Å². The Bertz CT molecular complexity index is 1480. The molecule has 0 aliphatic heterocycles. The van der Waals surface area contributed by atoms with Crippen LogP contribution in [-0.4, -0.2) is 50.0 Å². The zero-order valence-corrected chi connectivity index (χ0v) is 24.9. The summed E-state index contributed by atoms with van der Waals surface area (Å²) in [6.45, 7) is 4.81. The van der Waals surface area contributed by atoms with Gasteiger partial charge in [-0.3, -0.25) is 13.9 Å². The maximum Gasteiger partial charge on any atom is 0.416 e. The van der Waals surface area contributed by atoms with Crippen molar-refractivity contribution in [2.24, 2.45) is 0 Å². The Morgan fingerprint density at radius 3 is 2.17 bits per heavy atom.